The zero-order chi connectivity index (χ0) is 18.5. The van der Waals surface area contributed by atoms with Gasteiger partial charge in [0.25, 0.3) is 5.91 Å². The van der Waals surface area contributed by atoms with Crippen molar-refractivity contribution in [2.24, 2.45) is 0 Å². The molecule has 0 spiro atoms. The van der Waals surface area contributed by atoms with Crippen LogP contribution < -0.4 is 16.4 Å². The number of anilines is 3. The van der Waals surface area contributed by atoms with Crippen molar-refractivity contribution in [1.29, 1.82) is 0 Å². The van der Waals surface area contributed by atoms with Crippen LogP contribution in [-0.2, 0) is 11.3 Å². The molecule has 8 nitrogen and oxygen atoms in total. The largest absolute Gasteiger partial charge is 0.382 e. The normalized spacial score (nSPS) is 10.3. The van der Waals surface area contributed by atoms with Crippen LogP contribution in [0.3, 0.4) is 0 Å². The van der Waals surface area contributed by atoms with E-state index in [4.69, 9.17) is 17.3 Å². The van der Waals surface area contributed by atoms with Gasteiger partial charge in [0, 0.05) is 16.4 Å². The number of rotatable bonds is 5. The maximum absolute atomic E-state index is 12.2. The predicted molar refractivity (Wildman–Crippen MR) is 98.9 cm³/mol. The first kappa shape index (κ1) is 17.4. The third-order valence-corrected chi connectivity index (χ3v) is 3.69. The number of nitrogens with one attached hydrogen (secondary N) is 2. The summed E-state index contributed by atoms with van der Waals surface area (Å²) in [5.74, 6) is -0.860. The first-order valence-corrected chi connectivity index (χ1v) is 8.01. The van der Waals surface area contributed by atoms with E-state index in [1.807, 2.05) is 6.07 Å². The van der Waals surface area contributed by atoms with Gasteiger partial charge in [-0.15, -0.1) is 5.10 Å². The summed E-state index contributed by atoms with van der Waals surface area (Å²) in [5, 5.41) is 13.4. The molecule has 0 aliphatic heterocycles. The molecular formula is C17H15ClN6O2. The quantitative estimate of drug-likeness (QED) is 0.638. The van der Waals surface area contributed by atoms with Crippen molar-refractivity contribution in [3.8, 4) is 0 Å². The smallest absolute Gasteiger partial charge is 0.280 e. The molecule has 2 aromatic carbocycles. The summed E-state index contributed by atoms with van der Waals surface area (Å²) in [4.78, 5) is 24.3. The summed E-state index contributed by atoms with van der Waals surface area (Å²) < 4.78 is 1.16. The van der Waals surface area contributed by atoms with Gasteiger partial charge in [-0.05, 0) is 36.4 Å². The third kappa shape index (κ3) is 4.17. The van der Waals surface area contributed by atoms with Gasteiger partial charge in [-0.1, -0.05) is 35.0 Å². The van der Waals surface area contributed by atoms with Gasteiger partial charge in [0.05, 0.1) is 0 Å². The molecule has 1 heterocycles. The van der Waals surface area contributed by atoms with E-state index in [0.717, 1.165) is 4.68 Å². The second-order valence-electron chi connectivity index (χ2n) is 5.36. The van der Waals surface area contributed by atoms with E-state index in [9.17, 15) is 9.59 Å². The first-order chi connectivity index (χ1) is 12.5. The molecule has 9 heteroatoms. The van der Waals surface area contributed by atoms with Crippen molar-refractivity contribution < 1.29 is 9.59 Å². The minimum Gasteiger partial charge on any atom is -0.382 e. The fourth-order valence-corrected chi connectivity index (χ4v) is 2.31. The van der Waals surface area contributed by atoms with Gasteiger partial charge in [-0.25, -0.2) is 4.68 Å². The molecule has 4 N–H and O–H groups in total. The summed E-state index contributed by atoms with van der Waals surface area (Å²) in [5.41, 5.74) is 7.04. The lowest BCUT2D eigenvalue weighted by Crippen LogP contribution is -2.21. The lowest BCUT2D eigenvalue weighted by molar-refractivity contribution is -0.116. The summed E-state index contributed by atoms with van der Waals surface area (Å²) in [6.07, 6.45) is 0. The SMILES string of the molecule is Nc1c(C(=O)Nc2ccccc2)nnn1CC(=O)Nc1ccc(Cl)cc1. The van der Waals surface area contributed by atoms with Crippen molar-refractivity contribution in [3.05, 3.63) is 65.3 Å². The maximum atomic E-state index is 12.2. The number of aromatic nitrogens is 3. The molecule has 0 atom stereocenters. The minimum atomic E-state index is -0.502. The molecule has 0 saturated heterocycles. The van der Waals surface area contributed by atoms with Crippen molar-refractivity contribution in [2.75, 3.05) is 16.4 Å². The Kier molecular flexibility index (Phi) is 5.14. The molecule has 3 rings (SSSR count). The van der Waals surface area contributed by atoms with E-state index in [-0.39, 0.29) is 24.0 Å². The fraction of sp³-hybridized carbons (Fsp3) is 0.0588. The molecule has 3 aromatic rings. The van der Waals surface area contributed by atoms with Crippen LogP contribution in [0, 0.1) is 0 Å². The molecule has 132 valence electrons. The van der Waals surface area contributed by atoms with Gasteiger partial charge in [0.15, 0.2) is 11.5 Å². The zero-order valence-electron chi connectivity index (χ0n) is 13.5. The Morgan fingerprint density at radius 3 is 2.35 bits per heavy atom. The molecule has 0 unspecified atom stereocenters. The number of halogens is 1. The lowest BCUT2D eigenvalue weighted by Gasteiger charge is -2.06. The highest BCUT2D eigenvalue weighted by Crippen LogP contribution is 2.15. The number of hydrogen-bond donors (Lipinski definition) is 3. The van der Waals surface area contributed by atoms with E-state index in [1.54, 1.807) is 48.5 Å². The third-order valence-electron chi connectivity index (χ3n) is 3.44. The summed E-state index contributed by atoms with van der Waals surface area (Å²) in [7, 11) is 0. The van der Waals surface area contributed by atoms with E-state index in [0.29, 0.717) is 16.4 Å². The molecule has 26 heavy (non-hydrogen) atoms. The minimum absolute atomic E-state index is 0.00434. The Balaban J connectivity index is 1.65. The number of hydrogen-bond acceptors (Lipinski definition) is 5. The number of carbonyl (C=O) groups excluding carboxylic acids is 2. The molecule has 0 radical (unpaired) electrons. The van der Waals surface area contributed by atoms with Gasteiger partial charge < -0.3 is 16.4 Å². The maximum Gasteiger partial charge on any atom is 0.280 e. The Bertz CT molecular complexity index is 924. The van der Waals surface area contributed by atoms with Crippen LogP contribution in [0.15, 0.2) is 54.6 Å². The highest BCUT2D eigenvalue weighted by atomic mass is 35.5. The second kappa shape index (κ2) is 7.66. The average molecular weight is 371 g/mol. The topological polar surface area (TPSA) is 115 Å². The fourth-order valence-electron chi connectivity index (χ4n) is 2.18. The van der Waals surface area contributed by atoms with Crippen molar-refractivity contribution in [3.63, 3.8) is 0 Å². The van der Waals surface area contributed by atoms with Gasteiger partial charge in [-0.3, -0.25) is 9.59 Å². The number of nitrogens with zero attached hydrogens (tertiary/aromatic N) is 3. The lowest BCUT2D eigenvalue weighted by atomic mass is 10.3. The second-order valence-corrected chi connectivity index (χ2v) is 5.79. The molecule has 0 saturated carbocycles. The number of benzene rings is 2. The zero-order valence-corrected chi connectivity index (χ0v) is 14.3. The van der Waals surface area contributed by atoms with Crippen LogP contribution in [-0.4, -0.2) is 26.8 Å². The van der Waals surface area contributed by atoms with E-state index in [1.165, 1.54) is 0 Å². The van der Waals surface area contributed by atoms with E-state index >= 15 is 0 Å². The van der Waals surface area contributed by atoms with Crippen molar-refractivity contribution in [1.82, 2.24) is 15.0 Å². The van der Waals surface area contributed by atoms with Crippen molar-refractivity contribution in [2.45, 2.75) is 6.54 Å². The Morgan fingerprint density at radius 1 is 1.00 bits per heavy atom. The summed E-state index contributed by atoms with van der Waals surface area (Å²) in [6.45, 7) is -0.180. The summed E-state index contributed by atoms with van der Waals surface area (Å²) in [6, 6.07) is 15.5. The van der Waals surface area contributed by atoms with Crippen LogP contribution in [0.4, 0.5) is 17.2 Å². The molecule has 2 amide bonds. The Labute approximate surface area is 154 Å². The molecule has 0 aliphatic carbocycles. The van der Waals surface area contributed by atoms with Crippen LogP contribution in [0.2, 0.25) is 5.02 Å². The van der Waals surface area contributed by atoms with Gasteiger partial charge in [0.1, 0.15) is 6.54 Å². The van der Waals surface area contributed by atoms with E-state index in [2.05, 4.69) is 20.9 Å². The molecule has 1 aromatic heterocycles. The highest BCUT2D eigenvalue weighted by molar-refractivity contribution is 6.30. The van der Waals surface area contributed by atoms with Crippen LogP contribution in [0.5, 0.6) is 0 Å². The molecule has 0 fully saturated rings. The van der Waals surface area contributed by atoms with E-state index < -0.39 is 5.91 Å². The number of amides is 2. The van der Waals surface area contributed by atoms with Gasteiger partial charge >= 0.3 is 0 Å². The summed E-state index contributed by atoms with van der Waals surface area (Å²) >= 11 is 5.80. The predicted octanol–water partition coefficient (Wildman–Crippen LogP) is 2.40. The number of nitrogens with two attached hydrogens (primary N) is 1. The van der Waals surface area contributed by atoms with Gasteiger partial charge in [-0.2, -0.15) is 0 Å². The monoisotopic (exact) mass is 370 g/mol. The Morgan fingerprint density at radius 2 is 1.65 bits per heavy atom. The standard InChI is InChI=1S/C17H15ClN6O2/c18-11-6-8-13(9-7-11)20-14(25)10-24-16(19)15(22-23-24)17(26)21-12-4-2-1-3-5-12/h1-9H,10,19H2,(H,20,25)(H,21,26). The number of carbonyl (C=O) groups is 2. The first-order valence-electron chi connectivity index (χ1n) is 7.63. The number of para-hydroxylation sites is 1. The molecule has 0 aliphatic rings. The van der Waals surface area contributed by atoms with Crippen LogP contribution in [0.25, 0.3) is 0 Å². The van der Waals surface area contributed by atoms with Crippen LogP contribution >= 0.6 is 11.6 Å². The average Bonchev–Trinajstić information content (AvgIpc) is 2.98. The molecule has 0 bridgehead atoms. The number of nitrogen functional groups attached to an aromatic ring is 1. The highest BCUT2D eigenvalue weighted by Gasteiger charge is 2.19. The molecular weight excluding hydrogens is 356 g/mol. The van der Waals surface area contributed by atoms with Crippen LogP contribution in [0.1, 0.15) is 10.5 Å². The van der Waals surface area contributed by atoms with Crippen molar-refractivity contribution >= 4 is 40.6 Å². The van der Waals surface area contributed by atoms with Gasteiger partial charge in [0.2, 0.25) is 5.91 Å². The Hall–Kier alpha value is -3.39.